The van der Waals surface area contributed by atoms with Crippen LogP contribution >= 0.6 is 0 Å². The summed E-state index contributed by atoms with van der Waals surface area (Å²) in [4.78, 5) is 24.0. The van der Waals surface area contributed by atoms with E-state index < -0.39 is 17.5 Å². The second-order valence-electron chi connectivity index (χ2n) is 6.85. The molecule has 0 radical (unpaired) electrons. The van der Waals surface area contributed by atoms with Crippen LogP contribution in [0.3, 0.4) is 0 Å². The third kappa shape index (κ3) is 3.91. The van der Waals surface area contributed by atoms with Crippen LogP contribution in [0.2, 0.25) is 0 Å². The topological polar surface area (TPSA) is 75.4 Å². The third-order valence-electron chi connectivity index (χ3n) is 4.93. The third-order valence-corrected chi connectivity index (χ3v) is 4.93. The molecule has 1 aromatic heterocycles. The van der Waals surface area contributed by atoms with Gasteiger partial charge in [0.05, 0.1) is 11.4 Å². The van der Waals surface area contributed by atoms with Crippen LogP contribution in [0.1, 0.15) is 10.5 Å². The summed E-state index contributed by atoms with van der Waals surface area (Å²) < 4.78 is 41.6. The smallest absolute Gasteiger partial charge is 0.267 e. The summed E-state index contributed by atoms with van der Waals surface area (Å²) in [6.45, 7) is 1.93. The number of hydrogen-bond donors (Lipinski definition) is 1. The highest BCUT2D eigenvalue weighted by molar-refractivity contribution is 5.92. The van der Waals surface area contributed by atoms with Crippen molar-refractivity contribution in [3.63, 3.8) is 0 Å². The summed E-state index contributed by atoms with van der Waals surface area (Å²) in [7, 11) is 0. The van der Waals surface area contributed by atoms with E-state index in [9.17, 15) is 18.0 Å². The normalized spacial score (nSPS) is 14.1. The van der Waals surface area contributed by atoms with Gasteiger partial charge in [0.25, 0.3) is 5.91 Å². The molecular formula is C21H18F3N5O. The van der Waals surface area contributed by atoms with Gasteiger partial charge in [0.15, 0.2) is 0 Å². The van der Waals surface area contributed by atoms with E-state index in [1.807, 2.05) is 9.80 Å². The number of piperazine rings is 1. The Bertz CT molecular complexity index is 1100. The molecule has 2 heterocycles. The van der Waals surface area contributed by atoms with Crippen molar-refractivity contribution in [1.82, 2.24) is 9.97 Å². The first-order valence-electron chi connectivity index (χ1n) is 9.31. The zero-order valence-corrected chi connectivity index (χ0v) is 15.9. The van der Waals surface area contributed by atoms with Gasteiger partial charge in [-0.3, -0.25) is 4.79 Å². The molecule has 2 aromatic carbocycles. The van der Waals surface area contributed by atoms with Crippen LogP contribution in [0.5, 0.6) is 0 Å². The zero-order valence-electron chi connectivity index (χ0n) is 15.9. The van der Waals surface area contributed by atoms with Crippen molar-refractivity contribution in [2.75, 3.05) is 36.0 Å². The van der Waals surface area contributed by atoms with Crippen molar-refractivity contribution in [3.8, 4) is 11.3 Å². The fourth-order valence-corrected chi connectivity index (χ4v) is 3.39. The van der Waals surface area contributed by atoms with Gasteiger partial charge in [0, 0.05) is 37.8 Å². The minimum absolute atomic E-state index is 0.0348. The summed E-state index contributed by atoms with van der Waals surface area (Å²) in [6, 6.07) is 10.9. The van der Waals surface area contributed by atoms with Crippen molar-refractivity contribution in [3.05, 3.63) is 71.7 Å². The number of primary amides is 1. The fraction of sp³-hybridized carbons (Fsp3) is 0.190. The van der Waals surface area contributed by atoms with Gasteiger partial charge in [0.2, 0.25) is 5.95 Å². The molecular weight excluding hydrogens is 395 g/mol. The highest BCUT2D eigenvalue weighted by atomic mass is 19.1. The summed E-state index contributed by atoms with van der Waals surface area (Å²) in [5, 5.41) is 0. The van der Waals surface area contributed by atoms with E-state index in [4.69, 9.17) is 5.73 Å². The Labute approximate surface area is 170 Å². The second-order valence-corrected chi connectivity index (χ2v) is 6.85. The monoisotopic (exact) mass is 413 g/mol. The summed E-state index contributed by atoms with van der Waals surface area (Å²) in [5.74, 6) is -2.40. The molecule has 1 aliphatic heterocycles. The lowest BCUT2D eigenvalue weighted by atomic mass is 10.1. The fourth-order valence-electron chi connectivity index (χ4n) is 3.39. The molecule has 2 N–H and O–H groups in total. The molecule has 9 heteroatoms. The minimum atomic E-state index is -0.806. The van der Waals surface area contributed by atoms with Crippen LogP contribution in [-0.2, 0) is 0 Å². The number of aromatic nitrogens is 2. The molecule has 1 fully saturated rings. The lowest BCUT2D eigenvalue weighted by Gasteiger charge is -2.36. The highest BCUT2D eigenvalue weighted by Crippen LogP contribution is 2.26. The molecule has 30 heavy (non-hydrogen) atoms. The van der Waals surface area contributed by atoms with Crippen molar-refractivity contribution in [2.45, 2.75) is 0 Å². The standard InChI is InChI=1S/C21H18F3N5O/c22-13-5-6-14(16(24)11-13)17-12-18(20(25)30)27-21(26-17)29-9-7-28(8-10-29)19-4-2-1-3-15(19)23/h1-6,11-12H,7-10H2,(H2,25,30). The van der Waals surface area contributed by atoms with Crippen molar-refractivity contribution in [2.24, 2.45) is 5.73 Å². The van der Waals surface area contributed by atoms with E-state index in [2.05, 4.69) is 9.97 Å². The van der Waals surface area contributed by atoms with Crippen molar-refractivity contribution >= 4 is 17.5 Å². The van der Waals surface area contributed by atoms with E-state index in [0.717, 1.165) is 12.1 Å². The van der Waals surface area contributed by atoms with Gasteiger partial charge in [-0.05, 0) is 30.3 Å². The van der Waals surface area contributed by atoms with Crippen LogP contribution in [0, 0.1) is 17.5 Å². The SMILES string of the molecule is NC(=O)c1cc(-c2ccc(F)cc2F)nc(N2CCN(c3ccccc3F)CC2)n1. The van der Waals surface area contributed by atoms with Crippen LogP contribution in [0.25, 0.3) is 11.3 Å². The van der Waals surface area contributed by atoms with Crippen LogP contribution < -0.4 is 15.5 Å². The molecule has 0 spiro atoms. The van der Waals surface area contributed by atoms with Gasteiger partial charge in [-0.25, -0.2) is 23.1 Å². The average Bonchev–Trinajstić information content (AvgIpc) is 2.74. The Hall–Kier alpha value is -3.62. The molecule has 0 bridgehead atoms. The van der Waals surface area contributed by atoms with Gasteiger partial charge in [-0.1, -0.05) is 12.1 Å². The van der Waals surface area contributed by atoms with Crippen molar-refractivity contribution < 1.29 is 18.0 Å². The molecule has 0 saturated carbocycles. The predicted octanol–water partition coefficient (Wildman–Crippen LogP) is 2.99. The molecule has 1 amide bonds. The Morgan fingerprint density at radius 3 is 2.23 bits per heavy atom. The number of carbonyl (C=O) groups is 1. The number of halogens is 3. The number of para-hydroxylation sites is 1. The van der Waals surface area contributed by atoms with E-state index in [0.29, 0.717) is 31.9 Å². The maximum atomic E-state index is 14.2. The first-order chi connectivity index (χ1) is 14.4. The van der Waals surface area contributed by atoms with Gasteiger partial charge in [-0.15, -0.1) is 0 Å². The molecule has 1 saturated heterocycles. The number of rotatable bonds is 4. The predicted molar refractivity (Wildman–Crippen MR) is 107 cm³/mol. The average molecular weight is 413 g/mol. The zero-order chi connectivity index (χ0) is 21.3. The summed E-state index contributed by atoms with van der Waals surface area (Å²) in [5.41, 5.74) is 5.99. The van der Waals surface area contributed by atoms with Crippen LogP contribution in [0.15, 0.2) is 48.5 Å². The maximum absolute atomic E-state index is 14.2. The van der Waals surface area contributed by atoms with Gasteiger partial charge >= 0.3 is 0 Å². The van der Waals surface area contributed by atoms with Crippen LogP contribution in [-0.4, -0.2) is 42.1 Å². The summed E-state index contributed by atoms with van der Waals surface area (Å²) >= 11 is 0. The Morgan fingerprint density at radius 1 is 0.867 bits per heavy atom. The second kappa shape index (κ2) is 8.02. The molecule has 0 unspecified atom stereocenters. The lowest BCUT2D eigenvalue weighted by molar-refractivity contribution is 0.0995. The molecule has 3 aromatic rings. The van der Waals surface area contributed by atoms with E-state index in [-0.39, 0.29) is 28.7 Å². The Kier molecular flexibility index (Phi) is 5.26. The number of nitrogens with zero attached hydrogens (tertiary/aromatic N) is 4. The van der Waals surface area contributed by atoms with Gasteiger partial charge in [0.1, 0.15) is 23.1 Å². The molecule has 0 aliphatic carbocycles. The lowest BCUT2D eigenvalue weighted by Crippen LogP contribution is -2.47. The van der Waals surface area contributed by atoms with Gasteiger partial charge in [-0.2, -0.15) is 0 Å². The Morgan fingerprint density at radius 2 is 1.57 bits per heavy atom. The number of nitrogens with two attached hydrogens (primary N) is 1. The summed E-state index contributed by atoms with van der Waals surface area (Å²) in [6.07, 6.45) is 0. The largest absolute Gasteiger partial charge is 0.366 e. The Balaban J connectivity index is 1.62. The van der Waals surface area contributed by atoms with Gasteiger partial charge < -0.3 is 15.5 Å². The van der Waals surface area contributed by atoms with E-state index in [1.165, 1.54) is 18.2 Å². The quantitative estimate of drug-likeness (QED) is 0.712. The number of amides is 1. The number of benzene rings is 2. The molecule has 1 aliphatic rings. The molecule has 4 rings (SSSR count). The highest BCUT2D eigenvalue weighted by Gasteiger charge is 2.23. The molecule has 0 atom stereocenters. The number of hydrogen-bond acceptors (Lipinski definition) is 5. The molecule has 154 valence electrons. The maximum Gasteiger partial charge on any atom is 0.267 e. The first-order valence-corrected chi connectivity index (χ1v) is 9.31. The van der Waals surface area contributed by atoms with E-state index >= 15 is 0 Å². The molecule has 6 nitrogen and oxygen atoms in total. The number of anilines is 2. The minimum Gasteiger partial charge on any atom is -0.366 e. The first kappa shape index (κ1) is 19.7. The van der Waals surface area contributed by atoms with Crippen molar-refractivity contribution in [1.29, 1.82) is 0 Å². The van der Waals surface area contributed by atoms with Crippen LogP contribution in [0.4, 0.5) is 24.8 Å². The number of carbonyl (C=O) groups excluding carboxylic acids is 1. The van der Waals surface area contributed by atoms with E-state index in [1.54, 1.807) is 18.2 Å².